The van der Waals surface area contributed by atoms with Crippen molar-refractivity contribution in [2.45, 2.75) is 0 Å². The van der Waals surface area contributed by atoms with Gasteiger partial charge in [0.1, 0.15) is 11.5 Å². The molecule has 4 rings (SSSR count). The monoisotopic (exact) mass is 410 g/mol. The van der Waals surface area contributed by atoms with E-state index in [9.17, 15) is 4.79 Å². The molecule has 0 radical (unpaired) electrons. The molecule has 1 aromatic heterocycles. The number of fused-ring (bicyclic) bond motifs is 1. The summed E-state index contributed by atoms with van der Waals surface area (Å²) in [5.74, 6) is 2.48. The van der Waals surface area contributed by atoms with Gasteiger partial charge in [0.2, 0.25) is 12.7 Å². The van der Waals surface area contributed by atoms with Gasteiger partial charge in [-0.25, -0.2) is 4.98 Å². The second kappa shape index (κ2) is 8.24. The van der Waals surface area contributed by atoms with Gasteiger partial charge in [-0.3, -0.25) is 10.1 Å². The molecule has 0 aliphatic carbocycles. The molecule has 0 saturated carbocycles. The van der Waals surface area contributed by atoms with Crippen LogP contribution in [0.1, 0.15) is 5.56 Å². The zero-order chi connectivity index (χ0) is 20.2. The Labute approximate surface area is 171 Å². The van der Waals surface area contributed by atoms with E-state index in [4.69, 9.17) is 18.9 Å². The highest BCUT2D eigenvalue weighted by Crippen LogP contribution is 2.35. The van der Waals surface area contributed by atoms with Crippen LogP contribution in [0.4, 0.5) is 5.13 Å². The first-order valence-electron chi connectivity index (χ1n) is 8.73. The van der Waals surface area contributed by atoms with E-state index in [0.717, 1.165) is 11.1 Å². The number of methoxy groups -OCH3 is 2. The number of rotatable bonds is 6. The van der Waals surface area contributed by atoms with E-state index in [2.05, 4.69) is 10.3 Å². The topological polar surface area (TPSA) is 78.9 Å². The largest absolute Gasteiger partial charge is 0.497 e. The van der Waals surface area contributed by atoms with E-state index in [-0.39, 0.29) is 12.7 Å². The quantitative estimate of drug-likeness (QED) is 0.614. The predicted molar refractivity (Wildman–Crippen MR) is 111 cm³/mol. The lowest BCUT2D eigenvalue weighted by atomic mass is 10.1. The van der Waals surface area contributed by atoms with Crippen molar-refractivity contribution >= 4 is 28.5 Å². The molecule has 0 fully saturated rings. The zero-order valence-corrected chi connectivity index (χ0v) is 16.6. The molecule has 29 heavy (non-hydrogen) atoms. The van der Waals surface area contributed by atoms with Gasteiger partial charge in [0, 0.05) is 17.0 Å². The van der Waals surface area contributed by atoms with Crippen LogP contribution in [0.3, 0.4) is 0 Å². The molecule has 2 heterocycles. The van der Waals surface area contributed by atoms with Gasteiger partial charge in [0.25, 0.3) is 0 Å². The summed E-state index contributed by atoms with van der Waals surface area (Å²) >= 11 is 1.33. The fourth-order valence-corrected chi connectivity index (χ4v) is 3.52. The highest BCUT2D eigenvalue weighted by atomic mass is 32.1. The first kappa shape index (κ1) is 18.8. The number of carbonyl (C=O) groups excluding carboxylic acids is 1. The summed E-state index contributed by atoms with van der Waals surface area (Å²) in [6, 6.07) is 11.0. The third-order valence-electron chi connectivity index (χ3n) is 4.24. The number of benzene rings is 2. The summed E-state index contributed by atoms with van der Waals surface area (Å²) in [6.45, 7) is 0.216. The van der Waals surface area contributed by atoms with Crippen molar-refractivity contribution in [1.29, 1.82) is 0 Å². The Morgan fingerprint density at radius 1 is 1.14 bits per heavy atom. The summed E-state index contributed by atoms with van der Waals surface area (Å²) in [4.78, 5) is 16.7. The third kappa shape index (κ3) is 4.17. The van der Waals surface area contributed by atoms with Gasteiger partial charge in [-0.15, -0.1) is 11.3 Å². The third-order valence-corrected chi connectivity index (χ3v) is 5.00. The maximum Gasteiger partial charge on any atom is 0.250 e. The number of nitrogens with one attached hydrogen (secondary N) is 1. The zero-order valence-electron chi connectivity index (χ0n) is 15.8. The Hall–Kier alpha value is -3.52. The molecule has 1 N–H and O–H groups in total. The lowest BCUT2D eigenvalue weighted by Crippen LogP contribution is -2.07. The second-order valence-corrected chi connectivity index (χ2v) is 6.90. The molecule has 2 aromatic carbocycles. The number of hydrogen-bond acceptors (Lipinski definition) is 7. The van der Waals surface area contributed by atoms with E-state index in [1.54, 1.807) is 20.3 Å². The van der Waals surface area contributed by atoms with Crippen LogP contribution >= 0.6 is 11.3 Å². The first-order chi connectivity index (χ1) is 14.2. The molecule has 1 aliphatic heterocycles. The van der Waals surface area contributed by atoms with E-state index in [1.165, 1.54) is 17.4 Å². The predicted octanol–water partition coefficient (Wildman–Crippen LogP) is 4.21. The minimum absolute atomic E-state index is 0.216. The van der Waals surface area contributed by atoms with Crippen molar-refractivity contribution in [2.75, 3.05) is 26.3 Å². The second-order valence-electron chi connectivity index (χ2n) is 6.04. The molecule has 1 aliphatic rings. The fourth-order valence-electron chi connectivity index (χ4n) is 2.80. The standard InChI is InChI=1S/C21H18N2O5S/c1-25-14-5-7-17(26-2)15(10-14)16-11-29-21(22-16)23-20(24)8-4-13-3-6-18-19(9-13)28-12-27-18/h3-11H,12H2,1-2H3,(H,22,23,24). The van der Waals surface area contributed by atoms with Crippen LogP contribution in [0.5, 0.6) is 23.0 Å². The number of ether oxygens (including phenoxy) is 4. The van der Waals surface area contributed by atoms with Crippen molar-refractivity contribution in [3.05, 3.63) is 53.4 Å². The molecular weight excluding hydrogens is 392 g/mol. The van der Waals surface area contributed by atoms with E-state index in [0.29, 0.717) is 33.8 Å². The van der Waals surface area contributed by atoms with Crippen LogP contribution < -0.4 is 24.3 Å². The van der Waals surface area contributed by atoms with Gasteiger partial charge >= 0.3 is 0 Å². The van der Waals surface area contributed by atoms with E-state index < -0.39 is 0 Å². The average molecular weight is 410 g/mol. The molecule has 0 bridgehead atoms. The van der Waals surface area contributed by atoms with Gasteiger partial charge < -0.3 is 18.9 Å². The van der Waals surface area contributed by atoms with Crippen LogP contribution in [0.15, 0.2) is 47.9 Å². The molecular formula is C21H18N2O5S. The number of hydrogen-bond donors (Lipinski definition) is 1. The number of nitrogens with zero attached hydrogens (tertiary/aromatic N) is 1. The summed E-state index contributed by atoms with van der Waals surface area (Å²) in [7, 11) is 3.20. The minimum Gasteiger partial charge on any atom is -0.497 e. The smallest absolute Gasteiger partial charge is 0.250 e. The molecule has 0 spiro atoms. The lowest BCUT2D eigenvalue weighted by molar-refractivity contribution is -0.111. The van der Waals surface area contributed by atoms with Gasteiger partial charge in [-0.1, -0.05) is 6.07 Å². The number of amides is 1. The Balaban J connectivity index is 1.46. The number of aromatic nitrogens is 1. The maximum atomic E-state index is 12.3. The van der Waals surface area contributed by atoms with Gasteiger partial charge in [0.05, 0.1) is 19.9 Å². The van der Waals surface area contributed by atoms with Crippen LogP contribution in [0.25, 0.3) is 17.3 Å². The van der Waals surface area contributed by atoms with E-state index >= 15 is 0 Å². The summed E-state index contributed by atoms with van der Waals surface area (Å²) in [5.41, 5.74) is 2.32. The van der Waals surface area contributed by atoms with Crippen LogP contribution in [0, 0.1) is 0 Å². The molecule has 0 atom stereocenters. The first-order valence-corrected chi connectivity index (χ1v) is 9.61. The highest BCUT2D eigenvalue weighted by Gasteiger charge is 2.14. The SMILES string of the molecule is COc1ccc(OC)c(-c2csc(NC(=O)C=Cc3ccc4c(c3)OCO4)n2)c1. The van der Waals surface area contributed by atoms with Crippen LogP contribution in [0.2, 0.25) is 0 Å². The van der Waals surface area contributed by atoms with Crippen molar-refractivity contribution < 1.29 is 23.7 Å². The normalized spacial score (nSPS) is 12.2. The van der Waals surface area contributed by atoms with Crippen molar-refractivity contribution in [1.82, 2.24) is 4.98 Å². The molecule has 1 amide bonds. The summed E-state index contributed by atoms with van der Waals surface area (Å²) in [6.07, 6.45) is 3.15. The summed E-state index contributed by atoms with van der Waals surface area (Å²) in [5, 5.41) is 5.12. The van der Waals surface area contributed by atoms with Crippen LogP contribution in [-0.4, -0.2) is 31.9 Å². The van der Waals surface area contributed by atoms with Gasteiger partial charge in [-0.05, 0) is 42.0 Å². The van der Waals surface area contributed by atoms with Gasteiger partial charge in [0.15, 0.2) is 16.6 Å². The number of thiazole rings is 1. The Morgan fingerprint density at radius 2 is 2.00 bits per heavy atom. The Morgan fingerprint density at radius 3 is 2.83 bits per heavy atom. The molecule has 3 aromatic rings. The summed E-state index contributed by atoms with van der Waals surface area (Å²) < 4.78 is 21.3. The maximum absolute atomic E-state index is 12.3. The minimum atomic E-state index is -0.277. The molecule has 8 heteroatoms. The van der Waals surface area contributed by atoms with E-state index in [1.807, 2.05) is 41.8 Å². The fraction of sp³-hybridized carbons (Fsp3) is 0.143. The number of anilines is 1. The average Bonchev–Trinajstić information content (AvgIpc) is 3.40. The molecule has 0 unspecified atom stereocenters. The van der Waals surface area contributed by atoms with Crippen molar-refractivity contribution in [2.24, 2.45) is 0 Å². The molecule has 148 valence electrons. The van der Waals surface area contributed by atoms with Crippen LogP contribution in [-0.2, 0) is 4.79 Å². The highest BCUT2D eigenvalue weighted by molar-refractivity contribution is 7.14. The number of carbonyl (C=O) groups is 1. The lowest BCUT2D eigenvalue weighted by Gasteiger charge is -2.08. The molecule has 0 saturated heterocycles. The van der Waals surface area contributed by atoms with Crippen molar-refractivity contribution in [3.63, 3.8) is 0 Å². The Bertz CT molecular complexity index is 1080. The van der Waals surface area contributed by atoms with Gasteiger partial charge in [-0.2, -0.15) is 0 Å². The Kier molecular flexibility index (Phi) is 5.35. The molecule has 7 nitrogen and oxygen atoms in total. The van der Waals surface area contributed by atoms with Crippen molar-refractivity contribution in [3.8, 4) is 34.3 Å².